The largest absolute Gasteiger partial charge is 0.465 e. The Labute approximate surface area is 181 Å². The van der Waals surface area contributed by atoms with Crippen molar-refractivity contribution in [3.63, 3.8) is 0 Å². The molecule has 1 unspecified atom stereocenters. The molecular formula is C24H25N3O4. The van der Waals surface area contributed by atoms with Gasteiger partial charge in [-0.15, -0.1) is 0 Å². The van der Waals surface area contributed by atoms with E-state index >= 15 is 0 Å². The van der Waals surface area contributed by atoms with Crippen LogP contribution in [-0.4, -0.2) is 48.0 Å². The number of oxazole rings is 1. The average Bonchev–Trinajstić information content (AvgIpc) is 3.16. The summed E-state index contributed by atoms with van der Waals surface area (Å²) >= 11 is 0. The van der Waals surface area contributed by atoms with E-state index in [1.807, 2.05) is 37.3 Å². The lowest BCUT2D eigenvalue weighted by molar-refractivity contribution is -0.129. The molecule has 1 aliphatic heterocycles. The van der Waals surface area contributed by atoms with Crippen LogP contribution in [0.3, 0.4) is 0 Å². The number of hydrogen-bond donors (Lipinski definition) is 1. The first-order valence-corrected chi connectivity index (χ1v) is 10.3. The number of nitrogens with one attached hydrogen (secondary N) is 1. The molecule has 1 amide bonds. The van der Waals surface area contributed by atoms with Crippen LogP contribution in [0.1, 0.15) is 27.4 Å². The molecule has 0 saturated carbocycles. The quantitative estimate of drug-likeness (QED) is 0.619. The summed E-state index contributed by atoms with van der Waals surface area (Å²) in [6, 6.07) is 16.7. The molecule has 160 valence electrons. The molecule has 1 aliphatic rings. The minimum absolute atomic E-state index is 0.0369. The highest BCUT2D eigenvalue weighted by molar-refractivity contribution is 5.89. The second-order valence-electron chi connectivity index (χ2n) is 7.56. The Morgan fingerprint density at radius 2 is 1.94 bits per heavy atom. The number of benzene rings is 2. The molecule has 1 fully saturated rings. The molecule has 1 atom stereocenters. The van der Waals surface area contributed by atoms with Crippen LogP contribution in [0.2, 0.25) is 0 Å². The van der Waals surface area contributed by atoms with Gasteiger partial charge in [-0.1, -0.05) is 30.3 Å². The lowest BCUT2D eigenvalue weighted by Crippen LogP contribution is -2.55. The highest BCUT2D eigenvalue weighted by Crippen LogP contribution is 2.24. The predicted octanol–water partition coefficient (Wildman–Crippen LogP) is 2.98. The van der Waals surface area contributed by atoms with E-state index in [1.165, 1.54) is 7.11 Å². The normalized spacial score (nSPS) is 16.7. The van der Waals surface area contributed by atoms with Gasteiger partial charge in [-0.25, -0.2) is 9.78 Å². The minimum Gasteiger partial charge on any atom is -0.465 e. The molecule has 0 spiro atoms. The number of carbonyl (C=O) groups excluding carboxylic acids is 2. The fourth-order valence-electron chi connectivity index (χ4n) is 3.77. The Kier molecular flexibility index (Phi) is 6.13. The van der Waals surface area contributed by atoms with Crippen LogP contribution >= 0.6 is 0 Å². The van der Waals surface area contributed by atoms with Gasteiger partial charge in [-0.05, 0) is 43.2 Å². The second-order valence-corrected chi connectivity index (χ2v) is 7.56. The Morgan fingerprint density at radius 1 is 1.19 bits per heavy atom. The molecule has 7 heteroatoms. The maximum absolute atomic E-state index is 12.6. The Hall–Kier alpha value is -3.45. The first-order valence-electron chi connectivity index (χ1n) is 10.3. The summed E-state index contributed by atoms with van der Waals surface area (Å²) in [5.41, 5.74) is 3.18. The monoisotopic (exact) mass is 419 g/mol. The standard InChI is InChI=1S/C24H25N3O4/c1-16-20(26-23(31-16)18-8-10-19(11-9-18)24(29)30-2)15-27-13-12-25-22(28)21(27)14-17-6-4-3-5-7-17/h3-11,21H,12-15H2,1-2H3,(H,25,28). The lowest BCUT2D eigenvalue weighted by atomic mass is 10.0. The van der Waals surface area contributed by atoms with Gasteiger partial charge in [0.1, 0.15) is 5.76 Å². The van der Waals surface area contributed by atoms with Crippen molar-refractivity contribution in [2.24, 2.45) is 0 Å². The molecule has 7 nitrogen and oxygen atoms in total. The molecule has 1 N–H and O–H groups in total. The number of methoxy groups -OCH3 is 1. The predicted molar refractivity (Wildman–Crippen MR) is 115 cm³/mol. The zero-order valence-corrected chi connectivity index (χ0v) is 17.6. The molecule has 3 aromatic rings. The molecule has 1 aromatic heterocycles. The maximum Gasteiger partial charge on any atom is 0.337 e. The van der Waals surface area contributed by atoms with Crippen molar-refractivity contribution in [2.45, 2.75) is 25.9 Å². The first kappa shape index (κ1) is 20.8. The number of amides is 1. The van der Waals surface area contributed by atoms with Crippen molar-refractivity contribution in [2.75, 3.05) is 20.2 Å². The van der Waals surface area contributed by atoms with Crippen LogP contribution in [0, 0.1) is 6.92 Å². The first-order chi connectivity index (χ1) is 15.0. The summed E-state index contributed by atoms with van der Waals surface area (Å²) in [6.45, 7) is 3.77. The lowest BCUT2D eigenvalue weighted by Gasteiger charge is -2.34. The number of ether oxygens (including phenoxy) is 1. The second kappa shape index (κ2) is 9.14. The van der Waals surface area contributed by atoms with E-state index in [-0.39, 0.29) is 17.9 Å². The van der Waals surface area contributed by atoms with Crippen molar-refractivity contribution in [1.82, 2.24) is 15.2 Å². The zero-order valence-electron chi connectivity index (χ0n) is 17.6. The Bertz CT molecular complexity index is 1060. The van der Waals surface area contributed by atoms with Gasteiger partial charge in [0, 0.05) is 25.2 Å². The van der Waals surface area contributed by atoms with Crippen LogP contribution in [0.25, 0.3) is 11.5 Å². The Morgan fingerprint density at radius 3 is 2.65 bits per heavy atom. The molecule has 4 rings (SSSR count). The smallest absolute Gasteiger partial charge is 0.337 e. The van der Waals surface area contributed by atoms with E-state index in [9.17, 15) is 9.59 Å². The molecule has 1 saturated heterocycles. The third kappa shape index (κ3) is 4.67. The van der Waals surface area contributed by atoms with Crippen LogP contribution < -0.4 is 5.32 Å². The van der Waals surface area contributed by atoms with Gasteiger partial charge in [-0.3, -0.25) is 9.69 Å². The van der Waals surface area contributed by atoms with Gasteiger partial charge < -0.3 is 14.5 Å². The fourth-order valence-corrected chi connectivity index (χ4v) is 3.77. The zero-order chi connectivity index (χ0) is 21.8. The van der Waals surface area contributed by atoms with Gasteiger partial charge in [0.25, 0.3) is 0 Å². The molecule has 31 heavy (non-hydrogen) atoms. The van der Waals surface area contributed by atoms with Crippen molar-refractivity contribution in [1.29, 1.82) is 0 Å². The molecule has 2 heterocycles. The highest BCUT2D eigenvalue weighted by atomic mass is 16.5. The average molecular weight is 419 g/mol. The fraction of sp³-hybridized carbons (Fsp3) is 0.292. The maximum atomic E-state index is 12.6. The number of nitrogens with zero attached hydrogens (tertiary/aromatic N) is 2. The number of hydrogen-bond acceptors (Lipinski definition) is 6. The number of esters is 1. The molecule has 0 bridgehead atoms. The van der Waals surface area contributed by atoms with Crippen molar-refractivity contribution >= 4 is 11.9 Å². The summed E-state index contributed by atoms with van der Waals surface area (Å²) in [4.78, 5) is 31.1. The van der Waals surface area contributed by atoms with Gasteiger partial charge in [0.15, 0.2) is 0 Å². The number of aryl methyl sites for hydroxylation is 1. The van der Waals surface area contributed by atoms with Gasteiger partial charge in [0.05, 0.1) is 24.4 Å². The van der Waals surface area contributed by atoms with E-state index in [2.05, 4.69) is 15.2 Å². The summed E-state index contributed by atoms with van der Waals surface area (Å²) in [6.07, 6.45) is 0.644. The third-order valence-electron chi connectivity index (χ3n) is 5.51. The van der Waals surface area contributed by atoms with E-state index in [1.54, 1.807) is 24.3 Å². The van der Waals surface area contributed by atoms with Crippen molar-refractivity contribution in [3.05, 3.63) is 77.2 Å². The SMILES string of the molecule is COC(=O)c1ccc(-c2nc(CN3CCNC(=O)C3Cc3ccccc3)c(C)o2)cc1. The minimum atomic E-state index is -0.386. The Balaban J connectivity index is 1.52. The summed E-state index contributed by atoms with van der Waals surface area (Å²) in [7, 11) is 1.35. The molecule has 2 aromatic carbocycles. The van der Waals surface area contributed by atoms with Crippen LogP contribution in [0.5, 0.6) is 0 Å². The van der Waals surface area contributed by atoms with E-state index in [0.717, 1.165) is 29.1 Å². The van der Waals surface area contributed by atoms with Gasteiger partial charge in [0.2, 0.25) is 11.8 Å². The summed E-state index contributed by atoms with van der Waals surface area (Å²) < 4.78 is 10.6. The van der Waals surface area contributed by atoms with Gasteiger partial charge in [-0.2, -0.15) is 0 Å². The van der Waals surface area contributed by atoms with Crippen LogP contribution in [-0.2, 0) is 22.5 Å². The molecular weight excluding hydrogens is 394 g/mol. The van der Waals surface area contributed by atoms with E-state index in [0.29, 0.717) is 31.0 Å². The summed E-state index contributed by atoms with van der Waals surface area (Å²) in [5.74, 6) is 0.861. The number of rotatable bonds is 6. The third-order valence-corrected chi connectivity index (χ3v) is 5.51. The highest BCUT2D eigenvalue weighted by Gasteiger charge is 2.31. The van der Waals surface area contributed by atoms with Crippen LogP contribution in [0.15, 0.2) is 59.0 Å². The summed E-state index contributed by atoms with van der Waals surface area (Å²) in [5, 5.41) is 2.97. The number of aromatic nitrogens is 1. The number of piperazine rings is 1. The topological polar surface area (TPSA) is 84.7 Å². The van der Waals surface area contributed by atoms with E-state index < -0.39 is 0 Å². The van der Waals surface area contributed by atoms with Crippen molar-refractivity contribution < 1.29 is 18.7 Å². The van der Waals surface area contributed by atoms with Crippen molar-refractivity contribution in [3.8, 4) is 11.5 Å². The molecule has 0 radical (unpaired) electrons. The number of carbonyl (C=O) groups is 2. The van der Waals surface area contributed by atoms with E-state index in [4.69, 9.17) is 9.15 Å². The van der Waals surface area contributed by atoms with Gasteiger partial charge >= 0.3 is 5.97 Å². The van der Waals surface area contributed by atoms with Crippen LogP contribution in [0.4, 0.5) is 0 Å². The molecule has 0 aliphatic carbocycles.